The Kier molecular flexibility index (Phi) is 5.35. The average Bonchev–Trinajstić information content (AvgIpc) is 2.91. The van der Waals surface area contributed by atoms with Crippen LogP contribution in [0, 0.1) is 17.8 Å². The predicted molar refractivity (Wildman–Crippen MR) is 103 cm³/mol. The SMILES string of the molecule is CCn1c(NC(=O)C2CC3CCCC(C2)C3N)nc2ccccc21.Cl. The number of carbonyl (C=O) groups is 1. The van der Waals surface area contributed by atoms with Gasteiger partial charge in [-0.05, 0) is 56.6 Å². The molecule has 0 aliphatic heterocycles. The first kappa shape index (κ1) is 18.2. The highest BCUT2D eigenvalue weighted by molar-refractivity contribution is 5.93. The van der Waals surface area contributed by atoms with Gasteiger partial charge in [0.25, 0.3) is 0 Å². The van der Waals surface area contributed by atoms with Crippen molar-refractivity contribution >= 4 is 35.3 Å². The van der Waals surface area contributed by atoms with E-state index in [-0.39, 0.29) is 24.2 Å². The summed E-state index contributed by atoms with van der Waals surface area (Å²) >= 11 is 0. The van der Waals surface area contributed by atoms with Crippen LogP contribution in [0.5, 0.6) is 0 Å². The first-order valence-corrected chi connectivity index (χ1v) is 9.19. The molecule has 5 nitrogen and oxygen atoms in total. The van der Waals surface area contributed by atoms with Gasteiger partial charge < -0.3 is 10.3 Å². The molecule has 136 valence electrons. The molecule has 1 amide bonds. The van der Waals surface area contributed by atoms with E-state index in [1.165, 1.54) is 19.3 Å². The Labute approximate surface area is 154 Å². The molecule has 1 aromatic heterocycles. The van der Waals surface area contributed by atoms with Crippen LogP contribution in [-0.2, 0) is 11.3 Å². The lowest BCUT2D eigenvalue weighted by Crippen LogP contribution is -2.48. The second-order valence-corrected chi connectivity index (χ2v) is 7.35. The van der Waals surface area contributed by atoms with Gasteiger partial charge in [-0.3, -0.25) is 10.1 Å². The summed E-state index contributed by atoms with van der Waals surface area (Å²) in [5.74, 6) is 1.88. The number of aromatic nitrogens is 2. The van der Waals surface area contributed by atoms with E-state index in [0.717, 1.165) is 30.4 Å². The lowest BCUT2D eigenvalue weighted by atomic mass is 9.65. The molecule has 2 fully saturated rings. The molecule has 6 heteroatoms. The van der Waals surface area contributed by atoms with Gasteiger partial charge in [-0.2, -0.15) is 0 Å². The standard InChI is InChI=1S/C19H26N4O.ClH/c1-2-23-16-9-4-3-8-15(16)21-19(23)22-18(24)14-10-12-6-5-7-13(11-14)17(12)20;/h3-4,8-9,12-14,17H,2,5-7,10-11,20H2,1H3,(H,21,22,24);1H. The number of imidazole rings is 1. The number of hydrogen-bond acceptors (Lipinski definition) is 3. The molecule has 3 N–H and O–H groups in total. The molecule has 2 atom stereocenters. The topological polar surface area (TPSA) is 72.9 Å². The van der Waals surface area contributed by atoms with Crippen molar-refractivity contribution in [2.75, 3.05) is 5.32 Å². The zero-order valence-electron chi connectivity index (χ0n) is 14.6. The number of hydrogen-bond donors (Lipinski definition) is 2. The van der Waals surface area contributed by atoms with Gasteiger partial charge in [0.15, 0.2) is 0 Å². The molecule has 25 heavy (non-hydrogen) atoms. The monoisotopic (exact) mass is 362 g/mol. The van der Waals surface area contributed by atoms with Gasteiger partial charge in [0.2, 0.25) is 11.9 Å². The zero-order valence-corrected chi connectivity index (χ0v) is 15.5. The number of amides is 1. The molecular formula is C19H27ClN4O. The molecule has 1 aromatic carbocycles. The molecule has 2 aliphatic rings. The van der Waals surface area contributed by atoms with E-state index < -0.39 is 0 Å². The minimum atomic E-state index is 0. The van der Waals surface area contributed by atoms with E-state index in [1.54, 1.807) is 0 Å². The Morgan fingerprint density at radius 1 is 1.28 bits per heavy atom. The van der Waals surface area contributed by atoms with E-state index in [0.29, 0.717) is 23.8 Å². The predicted octanol–water partition coefficient (Wildman–Crippen LogP) is 3.57. The summed E-state index contributed by atoms with van der Waals surface area (Å²) in [5.41, 5.74) is 8.34. The summed E-state index contributed by atoms with van der Waals surface area (Å²) in [5, 5.41) is 3.10. The van der Waals surface area contributed by atoms with Gasteiger partial charge in [-0.25, -0.2) is 4.98 Å². The molecule has 0 radical (unpaired) electrons. The summed E-state index contributed by atoms with van der Waals surface area (Å²) in [6, 6.07) is 8.31. The first-order valence-electron chi connectivity index (χ1n) is 9.19. The number of benzene rings is 1. The van der Waals surface area contributed by atoms with Crippen molar-refractivity contribution in [2.24, 2.45) is 23.5 Å². The first-order chi connectivity index (χ1) is 11.7. The van der Waals surface area contributed by atoms with Gasteiger partial charge in [0, 0.05) is 18.5 Å². The fraction of sp³-hybridized carbons (Fsp3) is 0.579. The van der Waals surface area contributed by atoms with Crippen LogP contribution in [0.15, 0.2) is 24.3 Å². The minimum absolute atomic E-state index is 0. The molecule has 0 spiro atoms. The summed E-state index contributed by atoms with van der Waals surface area (Å²) in [4.78, 5) is 17.5. The second kappa shape index (κ2) is 7.34. The minimum Gasteiger partial charge on any atom is -0.327 e. The quantitative estimate of drug-likeness (QED) is 0.876. The Bertz CT molecular complexity index is 745. The number of anilines is 1. The number of aryl methyl sites for hydroxylation is 1. The van der Waals surface area contributed by atoms with Crippen molar-refractivity contribution in [1.29, 1.82) is 0 Å². The number of rotatable bonds is 3. The fourth-order valence-electron chi connectivity index (χ4n) is 4.71. The third-order valence-corrected chi connectivity index (χ3v) is 5.99. The van der Waals surface area contributed by atoms with Crippen molar-refractivity contribution in [3.05, 3.63) is 24.3 Å². The molecular weight excluding hydrogens is 336 g/mol. The molecule has 2 saturated carbocycles. The van der Waals surface area contributed by atoms with Crippen LogP contribution in [0.25, 0.3) is 11.0 Å². The average molecular weight is 363 g/mol. The van der Waals surface area contributed by atoms with Gasteiger partial charge in [-0.15, -0.1) is 12.4 Å². The number of nitrogens with zero attached hydrogens (tertiary/aromatic N) is 2. The van der Waals surface area contributed by atoms with Crippen molar-refractivity contribution in [3.8, 4) is 0 Å². The van der Waals surface area contributed by atoms with E-state index in [9.17, 15) is 4.79 Å². The van der Waals surface area contributed by atoms with Crippen molar-refractivity contribution < 1.29 is 4.79 Å². The summed E-state index contributed by atoms with van der Waals surface area (Å²) in [6.45, 7) is 2.87. The molecule has 2 bridgehead atoms. The fourth-order valence-corrected chi connectivity index (χ4v) is 4.71. The van der Waals surface area contributed by atoms with Gasteiger partial charge in [-0.1, -0.05) is 18.6 Å². The van der Waals surface area contributed by atoms with E-state index in [1.807, 2.05) is 24.3 Å². The largest absolute Gasteiger partial charge is 0.327 e. The van der Waals surface area contributed by atoms with Crippen LogP contribution >= 0.6 is 12.4 Å². The maximum absolute atomic E-state index is 12.8. The smallest absolute Gasteiger partial charge is 0.229 e. The maximum atomic E-state index is 12.8. The maximum Gasteiger partial charge on any atom is 0.229 e. The highest BCUT2D eigenvalue weighted by Crippen LogP contribution is 2.42. The van der Waals surface area contributed by atoms with Crippen molar-refractivity contribution in [2.45, 2.75) is 51.6 Å². The summed E-state index contributed by atoms with van der Waals surface area (Å²) in [7, 11) is 0. The van der Waals surface area contributed by atoms with Crippen LogP contribution in [0.1, 0.15) is 39.0 Å². The summed E-state index contributed by atoms with van der Waals surface area (Å²) < 4.78 is 2.07. The lowest BCUT2D eigenvalue weighted by molar-refractivity contribution is -0.122. The van der Waals surface area contributed by atoms with Gasteiger partial charge in [0.1, 0.15) is 0 Å². The zero-order chi connectivity index (χ0) is 16.7. The van der Waals surface area contributed by atoms with Crippen LogP contribution in [0.4, 0.5) is 5.95 Å². The van der Waals surface area contributed by atoms with Crippen LogP contribution in [0.3, 0.4) is 0 Å². The Hall–Kier alpha value is -1.59. The van der Waals surface area contributed by atoms with Crippen LogP contribution in [-0.4, -0.2) is 21.5 Å². The van der Waals surface area contributed by atoms with Crippen molar-refractivity contribution in [3.63, 3.8) is 0 Å². The highest BCUT2D eigenvalue weighted by atomic mass is 35.5. The Balaban J connectivity index is 0.00000182. The molecule has 2 unspecified atom stereocenters. The molecule has 0 saturated heterocycles. The van der Waals surface area contributed by atoms with Gasteiger partial charge >= 0.3 is 0 Å². The third kappa shape index (κ3) is 3.27. The number of para-hydroxylation sites is 2. The Morgan fingerprint density at radius 2 is 1.96 bits per heavy atom. The van der Waals surface area contributed by atoms with E-state index in [4.69, 9.17) is 5.73 Å². The summed E-state index contributed by atoms with van der Waals surface area (Å²) in [6.07, 6.45) is 5.47. The molecule has 1 heterocycles. The number of halogens is 1. The Morgan fingerprint density at radius 3 is 2.64 bits per heavy atom. The number of fused-ring (bicyclic) bond motifs is 3. The van der Waals surface area contributed by atoms with E-state index >= 15 is 0 Å². The molecule has 2 aliphatic carbocycles. The number of nitrogens with one attached hydrogen (secondary N) is 1. The highest BCUT2D eigenvalue weighted by Gasteiger charge is 2.40. The third-order valence-electron chi connectivity index (χ3n) is 5.99. The van der Waals surface area contributed by atoms with E-state index in [2.05, 4.69) is 21.8 Å². The molecule has 4 rings (SSSR count). The molecule has 2 aromatic rings. The normalized spacial score (nSPS) is 28.4. The second-order valence-electron chi connectivity index (χ2n) is 7.35. The van der Waals surface area contributed by atoms with Crippen LogP contribution in [0.2, 0.25) is 0 Å². The number of nitrogens with two attached hydrogens (primary N) is 1. The van der Waals surface area contributed by atoms with Crippen molar-refractivity contribution in [1.82, 2.24) is 9.55 Å². The van der Waals surface area contributed by atoms with Crippen LogP contribution < -0.4 is 11.1 Å². The van der Waals surface area contributed by atoms with Gasteiger partial charge in [0.05, 0.1) is 11.0 Å². The number of carbonyl (C=O) groups excluding carboxylic acids is 1. The lowest BCUT2D eigenvalue weighted by Gasteiger charge is -2.43.